The van der Waals surface area contributed by atoms with Crippen LogP contribution in [0.1, 0.15) is 31.7 Å². The van der Waals surface area contributed by atoms with Crippen LogP contribution < -0.4 is 4.74 Å². The van der Waals surface area contributed by atoms with Crippen molar-refractivity contribution >= 4 is 11.8 Å². The predicted octanol–water partition coefficient (Wildman–Crippen LogP) is 2.06. The van der Waals surface area contributed by atoms with Crippen molar-refractivity contribution in [1.29, 1.82) is 0 Å². The van der Waals surface area contributed by atoms with Crippen LogP contribution in [0.2, 0.25) is 0 Å². The van der Waals surface area contributed by atoms with Gasteiger partial charge in [0, 0.05) is 32.1 Å². The summed E-state index contributed by atoms with van der Waals surface area (Å²) < 4.78 is 5.31. The molecule has 1 aromatic carbocycles. The highest BCUT2D eigenvalue weighted by molar-refractivity contribution is 5.84. The first-order chi connectivity index (χ1) is 10.6. The van der Waals surface area contributed by atoms with Crippen molar-refractivity contribution in [3.8, 4) is 5.75 Å². The topological polar surface area (TPSA) is 49.9 Å². The van der Waals surface area contributed by atoms with Gasteiger partial charge < -0.3 is 14.5 Å². The van der Waals surface area contributed by atoms with E-state index in [1.165, 1.54) is 13.3 Å². The fourth-order valence-corrected chi connectivity index (χ4v) is 2.72. The first-order valence-corrected chi connectivity index (χ1v) is 7.77. The second kappa shape index (κ2) is 7.82. The van der Waals surface area contributed by atoms with Crippen molar-refractivity contribution < 1.29 is 14.3 Å². The minimum Gasteiger partial charge on any atom is -0.496 e. The monoisotopic (exact) mass is 304 g/mol. The summed E-state index contributed by atoms with van der Waals surface area (Å²) in [6, 6.07) is 7.57. The molecule has 0 aromatic heterocycles. The molecule has 2 rings (SSSR count). The third-order valence-corrected chi connectivity index (χ3v) is 4.03. The van der Waals surface area contributed by atoms with E-state index in [9.17, 15) is 9.59 Å². The summed E-state index contributed by atoms with van der Waals surface area (Å²) in [5.41, 5.74) is 0.909. The van der Waals surface area contributed by atoms with E-state index in [4.69, 9.17) is 4.74 Å². The first kappa shape index (κ1) is 16.3. The fourth-order valence-electron chi connectivity index (χ4n) is 2.72. The molecule has 5 nitrogen and oxygen atoms in total. The molecular formula is C17H24N2O3. The van der Waals surface area contributed by atoms with Gasteiger partial charge in [-0.15, -0.1) is 0 Å². The Hall–Kier alpha value is -2.04. The Morgan fingerprint density at radius 3 is 2.50 bits per heavy atom. The zero-order valence-electron chi connectivity index (χ0n) is 13.4. The smallest absolute Gasteiger partial charge is 0.242 e. The predicted molar refractivity (Wildman–Crippen MR) is 84.5 cm³/mol. The molecule has 1 aliphatic rings. The molecule has 1 heterocycles. The number of amides is 2. The van der Waals surface area contributed by atoms with Crippen LogP contribution in [-0.4, -0.2) is 48.4 Å². The van der Waals surface area contributed by atoms with Gasteiger partial charge >= 0.3 is 0 Å². The van der Waals surface area contributed by atoms with Crippen molar-refractivity contribution in [3.63, 3.8) is 0 Å². The molecule has 0 radical (unpaired) electrons. The number of benzene rings is 1. The van der Waals surface area contributed by atoms with Crippen molar-refractivity contribution in [2.24, 2.45) is 0 Å². The average molecular weight is 304 g/mol. The Kier molecular flexibility index (Phi) is 5.81. The number of carbonyl (C=O) groups is 2. The van der Waals surface area contributed by atoms with Gasteiger partial charge in [-0.2, -0.15) is 0 Å². The highest BCUT2D eigenvalue weighted by Gasteiger charge is 2.21. The van der Waals surface area contributed by atoms with Gasteiger partial charge in [0.1, 0.15) is 12.3 Å². The molecule has 0 bridgehead atoms. The maximum Gasteiger partial charge on any atom is 0.242 e. The molecule has 0 spiro atoms. The van der Waals surface area contributed by atoms with Crippen LogP contribution in [0.5, 0.6) is 5.75 Å². The quantitative estimate of drug-likeness (QED) is 0.836. The molecule has 1 aliphatic heterocycles. The number of para-hydroxylation sites is 1. The van der Waals surface area contributed by atoms with Gasteiger partial charge in [0.05, 0.1) is 7.11 Å². The SMILES string of the molecule is COc1ccccc1CN(CC(=O)N1CCCCC1)C(C)=O. The molecule has 1 saturated heterocycles. The lowest BCUT2D eigenvalue weighted by atomic mass is 10.1. The Bertz CT molecular complexity index is 524. The van der Waals surface area contributed by atoms with Crippen LogP contribution >= 0.6 is 0 Å². The molecular weight excluding hydrogens is 280 g/mol. The lowest BCUT2D eigenvalue weighted by Crippen LogP contribution is -2.43. The molecule has 1 aromatic rings. The Balaban J connectivity index is 2.03. The van der Waals surface area contributed by atoms with Gasteiger partial charge in [-0.05, 0) is 25.3 Å². The minimum absolute atomic E-state index is 0.0322. The van der Waals surface area contributed by atoms with Crippen molar-refractivity contribution in [1.82, 2.24) is 9.80 Å². The van der Waals surface area contributed by atoms with Crippen LogP contribution in [0, 0.1) is 0 Å². The van der Waals surface area contributed by atoms with Crippen LogP contribution in [0.15, 0.2) is 24.3 Å². The van der Waals surface area contributed by atoms with Crippen LogP contribution in [0.3, 0.4) is 0 Å². The standard InChI is InChI=1S/C17H24N2O3/c1-14(20)19(12-15-8-4-5-9-16(15)22-2)13-17(21)18-10-6-3-7-11-18/h4-5,8-9H,3,6-7,10-13H2,1-2H3. The number of carbonyl (C=O) groups excluding carboxylic acids is 2. The second-order valence-corrected chi connectivity index (χ2v) is 5.63. The van der Waals surface area contributed by atoms with Gasteiger partial charge in [-0.25, -0.2) is 0 Å². The maximum absolute atomic E-state index is 12.4. The number of hydrogen-bond acceptors (Lipinski definition) is 3. The molecule has 0 saturated carbocycles. The van der Waals surface area contributed by atoms with E-state index in [-0.39, 0.29) is 18.4 Å². The zero-order chi connectivity index (χ0) is 15.9. The van der Waals surface area contributed by atoms with Crippen LogP contribution in [-0.2, 0) is 16.1 Å². The summed E-state index contributed by atoms with van der Waals surface area (Å²) in [4.78, 5) is 27.7. The molecule has 0 aliphatic carbocycles. The first-order valence-electron chi connectivity index (χ1n) is 7.77. The van der Waals surface area contributed by atoms with Gasteiger partial charge in [0.25, 0.3) is 0 Å². The van der Waals surface area contributed by atoms with E-state index in [0.29, 0.717) is 6.54 Å². The van der Waals surface area contributed by atoms with Gasteiger partial charge in [0.15, 0.2) is 0 Å². The lowest BCUT2D eigenvalue weighted by molar-refractivity contribution is -0.140. The number of hydrogen-bond donors (Lipinski definition) is 0. The maximum atomic E-state index is 12.4. The molecule has 2 amide bonds. The van der Waals surface area contributed by atoms with Gasteiger partial charge in [0.2, 0.25) is 11.8 Å². The number of rotatable bonds is 5. The van der Waals surface area contributed by atoms with Crippen LogP contribution in [0.4, 0.5) is 0 Å². The van der Waals surface area contributed by atoms with Gasteiger partial charge in [-0.1, -0.05) is 18.2 Å². The summed E-state index contributed by atoms with van der Waals surface area (Å²) in [7, 11) is 1.61. The molecule has 22 heavy (non-hydrogen) atoms. The second-order valence-electron chi connectivity index (χ2n) is 5.63. The Morgan fingerprint density at radius 2 is 1.86 bits per heavy atom. The van der Waals surface area contributed by atoms with Crippen molar-refractivity contribution in [3.05, 3.63) is 29.8 Å². The molecule has 5 heteroatoms. The lowest BCUT2D eigenvalue weighted by Gasteiger charge is -2.30. The van der Waals surface area contributed by atoms with E-state index >= 15 is 0 Å². The number of piperidine rings is 1. The summed E-state index contributed by atoms with van der Waals surface area (Å²) in [6.07, 6.45) is 3.29. The largest absolute Gasteiger partial charge is 0.496 e. The Labute approximate surface area is 131 Å². The van der Waals surface area contributed by atoms with E-state index in [1.807, 2.05) is 29.2 Å². The third kappa shape index (κ3) is 4.23. The molecule has 0 N–H and O–H groups in total. The number of ether oxygens (including phenoxy) is 1. The normalized spacial score (nSPS) is 14.5. The summed E-state index contributed by atoms with van der Waals surface area (Å²) in [6.45, 7) is 3.63. The molecule has 1 fully saturated rings. The number of methoxy groups -OCH3 is 1. The number of likely N-dealkylation sites (tertiary alicyclic amines) is 1. The summed E-state index contributed by atoms with van der Waals surface area (Å²) in [5, 5.41) is 0. The Morgan fingerprint density at radius 1 is 1.18 bits per heavy atom. The summed E-state index contributed by atoms with van der Waals surface area (Å²) in [5.74, 6) is 0.667. The van der Waals surface area contributed by atoms with E-state index in [0.717, 1.165) is 37.2 Å². The average Bonchev–Trinajstić information content (AvgIpc) is 2.55. The highest BCUT2D eigenvalue weighted by Crippen LogP contribution is 2.19. The molecule has 0 unspecified atom stereocenters. The van der Waals surface area contributed by atoms with Crippen LogP contribution in [0.25, 0.3) is 0 Å². The third-order valence-electron chi connectivity index (χ3n) is 4.03. The minimum atomic E-state index is -0.101. The summed E-state index contributed by atoms with van der Waals surface area (Å²) >= 11 is 0. The van der Waals surface area contributed by atoms with E-state index in [1.54, 1.807) is 12.0 Å². The van der Waals surface area contributed by atoms with Crippen molar-refractivity contribution in [2.45, 2.75) is 32.7 Å². The molecule has 120 valence electrons. The zero-order valence-corrected chi connectivity index (χ0v) is 13.4. The highest BCUT2D eigenvalue weighted by atomic mass is 16.5. The van der Waals surface area contributed by atoms with Crippen molar-refractivity contribution in [2.75, 3.05) is 26.7 Å². The van der Waals surface area contributed by atoms with Gasteiger partial charge in [-0.3, -0.25) is 9.59 Å². The van der Waals surface area contributed by atoms with E-state index < -0.39 is 0 Å². The number of nitrogens with zero attached hydrogens (tertiary/aromatic N) is 2. The fraction of sp³-hybridized carbons (Fsp3) is 0.529. The molecule has 0 atom stereocenters. The van der Waals surface area contributed by atoms with E-state index in [2.05, 4.69) is 0 Å².